The first-order chi connectivity index (χ1) is 18.5. The van der Waals surface area contributed by atoms with Gasteiger partial charge in [-0.2, -0.15) is 5.26 Å². The number of aryl methyl sites for hydroxylation is 1. The number of amides is 2. The van der Waals surface area contributed by atoms with Crippen LogP contribution in [0.15, 0.2) is 90.8 Å². The number of carbonyl (C=O) groups excluding carboxylic acids is 2. The van der Waals surface area contributed by atoms with Gasteiger partial charge < -0.3 is 20.2 Å². The minimum atomic E-state index is -0.429. The second kappa shape index (κ2) is 10.9. The second-order valence-electron chi connectivity index (χ2n) is 9.18. The van der Waals surface area contributed by atoms with Crippen LogP contribution < -0.4 is 10.6 Å². The van der Waals surface area contributed by atoms with E-state index in [1.807, 2.05) is 96.6 Å². The van der Waals surface area contributed by atoms with E-state index >= 15 is 0 Å². The van der Waals surface area contributed by atoms with Gasteiger partial charge in [0.05, 0.1) is 0 Å². The van der Waals surface area contributed by atoms with E-state index in [2.05, 4.69) is 15.6 Å². The fourth-order valence-corrected chi connectivity index (χ4v) is 4.56. The van der Waals surface area contributed by atoms with Crippen molar-refractivity contribution in [1.29, 1.82) is 5.26 Å². The summed E-state index contributed by atoms with van der Waals surface area (Å²) in [6.07, 6.45) is 5.97. The zero-order valence-electron chi connectivity index (χ0n) is 21.0. The lowest BCUT2D eigenvalue weighted by molar-refractivity contribution is -0.117. The molecule has 3 N–H and O–H groups in total. The molecule has 0 aliphatic heterocycles. The molecule has 2 aromatic heterocycles. The Morgan fingerprint density at radius 1 is 1.00 bits per heavy atom. The molecule has 2 amide bonds. The lowest BCUT2D eigenvalue weighted by Gasteiger charge is -2.07. The Labute approximate surface area is 220 Å². The molecule has 2 heterocycles. The third kappa shape index (κ3) is 5.35. The molecule has 0 atom stereocenters. The number of hydrogen-bond donors (Lipinski definition) is 3. The van der Waals surface area contributed by atoms with Crippen molar-refractivity contribution in [2.45, 2.75) is 19.9 Å². The number of anilines is 1. The van der Waals surface area contributed by atoms with Crippen molar-refractivity contribution < 1.29 is 9.59 Å². The number of nitrogens with zero attached hydrogens (tertiary/aromatic N) is 2. The first kappa shape index (κ1) is 24.6. The van der Waals surface area contributed by atoms with Crippen LogP contribution in [-0.2, 0) is 22.6 Å². The van der Waals surface area contributed by atoms with Crippen molar-refractivity contribution in [3.8, 4) is 6.07 Å². The van der Waals surface area contributed by atoms with Gasteiger partial charge in [-0.25, -0.2) is 0 Å². The van der Waals surface area contributed by atoms with E-state index in [9.17, 15) is 14.9 Å². The summed E-state index contributed by atoms with van der Waals surface area (Å²) in [4.78, 5) is 28.8. The smallest absolute Gasteiger partial charge is 0.261 e. The molecule has 0 aliphatic rings. The van der Waals surface area contributed by atoms with E-state index in [1.165, 1.54) is 0 Å². The van der Waals surface area contributed by atoms with E-state index in [-0.39, 0.29) is 18.0 Å². The minimum Gasteiger partial charge on any atom is -0.361 e. The second-order valence-corrected chi connectivity index (χ2v) is 9.18. The number of nitrogens with one attached hydrogen (secondary N) is 3. The first-order valence-corrected chi connectivity index (χ1v) is 12.4. The van der Waals surface area contributed by atoms with Crippen molar-refractivity contribution in [3.05, 3.63) is 107 Å². The predicted molar refractivity (Wildman–Crippen MR) is 150 cm³/mol. The standard InChI is InChI=1S/C31H27N5O2/c1-21-10-12-25(13-11-21)35-30(37)20-36-19-24(27-7-3-5-9-29(27)36)16-23(17-32)31(38)33-15-14-22-18-34-28-8-4-2-6-26(22)28/h2-13,16,18-19,34H,14-15,20H2,1H3,(H,33,38)(H,35,37)/b23-16-. The number of carbonyl (C=O) groups is 2. The number of aromatic amines is 1. The third-order valence-corrected chi connectivity index (χ3v) is 6.49. The molecule has 38 heavy (non-hydrogen) atoms. The van der Waals surface area contributed by atoms with Crippen molar-refractivity contribution in [2.75, 3.05) is 11.9 Å². The Balaban J connectivity index is 1.30. The van der Waals surface area contributed by atoms with Crippen LogP contribution in [0.3, 0.4) is 0 Å². The van der Waals surface area contributed by atoms with E-state index in [1.54, 1.807) is 12.3 Å². The number of rotatable bonds is 8. The number of H-pyrrole nitrogens is 1. The van der Waals surface area contributed by atoms with Crippen molar-refractivity contribution in [1.82, 2.24) is 14.9 Å². The maximum atomic E-state index is 12.8. The fraction of sp³-hybridized carbons (Fsp3) is 0.129. The third-order valence-electron chi connectivity index (χ3n) is 6.49. The topological polar surface area (TPSA) is 103 Å². The number of fused-ring (bicyclic) bond motifs is 2. The monoisotopic (exact) mass is 501 g/mol. The summed E-state index contributed by atoms with van der Waals surface area (Å²) in [7, 11) is 0. The molecule has 0 unspecified atom stereocenters. The van der Waals surface area contributed by atoms with Gasteiger partial charge in [0.2, 0.25) is 5.91 Å². The van der Waals surface area contributed by atoms with E-state index in [0.717, 1.165) is 38.6 Å². The van der Waals surface area contributed by atoms with Gasteiger partial charge in [-0.1, -0.05) is 54.1 Å². The highest BCUT2D eigenvalue weighted by Gasteiger charge is 2.14. The summed E-state index contributed by atoms with van der Waals surface area (Å²) in [5, 5.41) is 17.5. The Hall–Kier alpha value is -5.09. The molecule has 5 aromatic rings. The SMILES string of the molecule is Cc1ccc(NC(=O)Cn2cc(/C=C(/C#N)C(=O)NCCc3c[nH]c4ccccc34)c3ccccc32)cc1. The predicted octanol–water partition coefficient (Wildman–Crippen LogP) is 5.34. The maximum absolute atomic E-state index is 12.8. The van der Waals surface area contributed by atoms with E-state index < -0.39 is 5.91 Å². The zero-order chi connectivity index (χ0) is 26.5. The first-order valence-electron chi connectivity index (χ1n) is 12.4. The molecular weight excluding hydrogens is 474 g/mol. The summed E-state index contributed by atoms with van der Waals surface area (Å²) in [5.41, 5.74) is 5.56. The average molecular weight is 502 g/mol. The number of nitriles is 1. The van der Waals surface area contributed by atoms with Gasteiger partial charge in [-0.15, -0.1) is 0 Å². The Morgan fingerprint density at radius 3 is 2.53 bits per heavy atom. The van der Waals surface area contributed by atoms with Gasteiger partial charge in [0.15, 0.2) is 0 Å². The van der Waals surface area contributed by atoms with Crippen LogP contribution in [0.5, 0.6) is 0 Å². The Morgan fingerprint density at radius 2 is 1.74 bits per heavy atom. The number of aromatic nitrogens is 2. The van der Waals surface area contributed by atoms with Crippen LogP contribution >= 0.6 is 0 Å². The summed E-state index contributed by atoms with van der Waals surface area (Å²) in [6.45, 7) is 2.49. The van der Waals surface area contributed by atoms with Gasteiger partial charge >= 0.3 is 0 Å². The van der Waals surface area contributed by atoms with Gasteiger partial charge in [-0.3, -0.25) is 9.59 Å². The molecule has 3 aromatic carbocycles. The van der Waals surface area contributed by atoms with E-state index in [0.29, 0.717) is 18.5 Å². The molecule has 0 saturated heterocycles. The van der Waals surface area contributed by atoms with Crippen LogP contribution in [0.4, 0.5) is 5.69 Å². The number of para-hydroxylation sites is 2. The van der Waals surface area contributed by atoms with Crippen LogP contribution in [0.25, 0.3) is 27.9 Å². The normalized spacial score (nSPS) is 11.4. The molecule has 0 bridgehead atoms. The summed E-state index contributed by atoms with van der Waals surface area (Å²) >= 11 is 0. The van der Waals surface area contributed by atoms with Crippen LogP contribution in [-0.4, -0.2) is 27.9 Å². The van der Waals surface area contributed by atoms with Crippen molar-refractivity contribution in [2.24, 2.45) is 0 Å². The minimum absolute atomic E-state index is 0.0101. The van der Waals surface area contributed by atoms with E-state index in [4.69, 9.17) is 0 Å². The number of hydrogen-bond acceptors (Lipinski definition) is 3. The highest BCUT2D eigenvalue weighted by molar-refractivity contribution is 6.04. The summed E-state index contributed by atoms with van der Waals surface area (Å²) in [5.74, 6) is -0.595. The Kier molecular flexibility index (Phi) is 7.05. The lowest BCUT2D eigenvalue weighted by atomic mass is 10.1. The average Bonchev–Trinajstić information content (AvgIpc) is 3.50. The van der Waals surface area contributed by atoms with Gasteiger partial charge in [-0.05, 0) is 49.2 Å². The van der Waals surface area contributed by atoms with Crippen LogP contribution in [0.1, 0.15) is 16.7 Å². The maximum Gasteiger partial charge on any atom is 0.261 e. The highest BCUT2D eigenvalue weighted by atomic mass is 16.2. The van der Waals surface area contributed by atoms with Crippen molar-refractivity contribution in [3.63, 3.8) is 0 Å². The quantitative estimate of drug-likeness (QED) is 0.198. The van der Waals surface area contributed by atoms with Gasteiger partial charge in [0.1, 0.15) is 18.2 Å². The molecule has 0 fully saturated rings. The van der Waals surface area contributed by atoms with Crippen LogP contribution in [0.2, 0.25) is 0 Å². The molecule has 7 nitrogen and oxygen atoms in total. The molecule has 0 aliphatic carbocycles. The summed E-state index contributed by atoms with van der Waals surface area (Å²) < 4.78 is 1.83. The fourth-order valence-electron chi connectivity index (χ4n) is 4.56. The number of benzene rings is 3. The molecular formula is C31H27N5O2. The molecule has 0 radical (unpaired) electrons. The van der Waals surface area contributed by atoms with Crippen LogP contribution in [0, 0.1) is 18.3 Å². The highest BCUT2D eigenvalue weighted by Crippen LogP contribution is 2.24. The molecule has 7 heteroatoms. The van der Waals surface area contributed by atoms with Crippen molar-refractivity contribution >= 4 is 45.4 Å². The van der Waals surface area contributed by atoms with Gasteiger partial charge in [0, 0.05) is 52.0 Å². The zero-order valence-corrected chi connectivity index (χ0v) is 21.0. The van der Waals surface area contributed by atoms with Gasteiger partial charge in [0.25, 0.3) is 5.91 Å². The molecule has 188 valence electrons. The molecule has 5 rings (SSSR count). The molecule has 0 spiro atoms. The largest absolute Gasteiger partial charge is 0.361 e. The Bertz CT molecular complexity index is 1700. The summed E-state index contributed by atoms with van der Waals surface area (Å²) in [6, 6.07) is 25.3. The lowest BCUT2D eigenvalue weighted by Crippen LogP contribution is -2.26. The molecule has 0 saturated carbocycles.